The second kappa shape index (κ2) is 5.34. The van der Waals surface area contributed by atoms with Crippen molar-refractivity contribution in [3.63, 3.8) is 0 Å². The Morgan fingerprint density at radius 2 is 1.90 bits per heavy atom. The van der Waals surface area contributed by atoms with Crippen LogP contribution in [0.3, 0.4) is 0 Å². The summed E-state index contributed by atoms with van der Waals surface area (Å²) in [6, 6.07) is 6.27. The van der Waals surface area contributed by atoms with E-state index in [9.17, 15) is 14.7 Å². The maximum atomic E-state index is 12.0. The molecule has 20 heavy (non-hydrogen) atoms. The Kier molecular flexibility index (Phi) is 3.76. The first-order valence-corrected chi connectivity index (χ1v) is 5.91. The number of rotatable bonds is 4. The van der Waals surface area contributed by atoms with Crippen molar-refractivity contribution in [3.05, 3.63) is 35.9 Å². The quantitative estimate of drug-likeness (QED) is 0.649. The molecule has 1 heterocycles. The highest BCUT2D eigenvalue weighted by atomic mass is 16.6. The number of carbonyl (C=O) groups excluding carboxylic acids is 2. The molecule has 2 rings (SSSR count). The average Bonchev–Trinajstić information content (AvgIpc) is 2.86. The number of benzene rings is 1. The largest absolute Gasteiger partial charge is 0.497 e. The smallest absolute Gasteiger partial charge is 0.348 e. The molecule has 6 nitrogen and oxygen atoms in total. The SMILES string of the molecule is COc1ccc(OC(=O)[C@@](C)(O)C2=CCOC2=O)cc1. The molecule has 0 bridgehead atoms. The van der Waals surface area contributed by atoms with Crippen LogP contribution in [0.25, 0.3) is 0 Å². The Morgan fingerprint density at radius 1 is 1.30 bits per heavy atom. The van der Waals surface area contributed by atoms with Gasteiger partial charge in [-0.1, -0.05) is 0 Å². The molecule has 1 aliphatic heterocycles. The number of carbonyl (C=O) groups is 2. The van der Waals surface area contributed by atoms with E-state index in [4.69, 9.17) is 9.47 Å². The zero-order valence-electron chi connectivity index (χ0n) is 11.1. The highest BCUT2D eigenvalue weighted by Gasteiger charge is 2.43. The molecule has 1 N–H and O–H groups in total. The minimum Gasteiger partial charge on any atom is -0.497 e. The standard InChI is InChI=1S/C14H14O6/c1-14(17,11-7-8-19-12(11)15)13(16)20-10-5-3-9(18-2)4-6-10/h3-7,17H,8H2,1-2H3/t14-/m0/s1. The van der Waals surface area contributed by atoms with E-state index in [0.717, 1.165) is 0 Å². The molecule has 0 saturated heterocycles. The molecule has 0 amide bonds. The van der Waals surface area contributed by atoms with Gasteiger partial charge in [-0.2, -0.15) is 0 Å². The summed E-state index contributed by atoms with van der Waals surface area (Å²) < 4.78 is 14.7. The lowest BCUT2D eigenvalue weighted by Crippen LogP contribution is -2.42. The number of cyclic esters (lactones) is 1. The Labute approximate surface area is 115 Å². The summed E-state index contributed by atoms with van der Waals surface area (Å²) in [7, 11) is 1.52. The fraction of sp³-hybridized carbons (Fsp3) is 0.286. The maximum absolute atomic E-state index is 12.0. The molecule has 0 fully saturated rings. The predicted octanol–water partition coefficient (Wildman–Crippen LogP) is 0.835. The summed E-state index contributed by atoms with van der Waals surface area (Å²) in [4.78, 5) is 23.4. The molecule has 0 aliphatic carbocycles. The van der Waals surface area contributed by atoms with Crippen molar-refractivity contribution in [1.82, 2.24) is 0 Å². The monoisotopic (exact) mass is 278 g/mol. The van der Waals surface area contributed by atoms with Gasteiger partial charge < -0.3 is 19.3 Å². The van der Waals surface area contributed by atoms with Gasteiger partial charge in [-0.05, 0) is 37.3 Å². The topological polar surface area (TPSA) is 82.1 Å². The van der Waals surface area contributed by atoms with Crippen molar-refractivity contribution in [1.29, 1.82) is 0 Å². The summed E-state index contributed by atoms with van der Waals surface area (Å²) >= 11 is 0. The van der Waals surface area contributed by atoms with E-state index in [0.29, 0.717) is 5.75 Å². The average molecular weight is 278 g/mol. The zero-order valence-corrected chi connectivity index (χ0v) is 11.1. The van der Waals surface area contributed by atoms with E-state index < -0.39 is 17.5 Å². The number of aliphatic hydroxyl groups is 1. The van der Waals surface area contributed by atoms with Crippen molar-refractivity contribution in [2.45, 2.75) is 12.5 Å². The fourth-order valence-electron chi connectivity index (χ4n) is 1.72. The van der Waals surface area contributed by atoms with Crippen LogP contribution in [0.15, 0.2) is 35.9 Å². The van der Waals surface area contributed by atoms with Crippen molar-refractivity contribution in [3.8, 4) is 11.5 Å². The zero-order chi connectivity index (χ0) is 14.8. The molecule has 1 aromatic carbocycles. The molecule has 0 unspecified atom stereocenters. The number of ether oxygens (including phenoxy) is 3. The summed E-state index contributed by atoms with van der Waals surface area (Å²) in [6.07, 6.45) is 1.36. The van der Waals surface area contributed by atoms with Gasteiger partial charge in [-0.15, -0.1) is 0 Å². The van der Waals surface area contributed by atoms with Crippen LogP contribution in [-0.4, -0.2) is 36.4 Å². The molecule has 6 heteroatoms. The van der Waals surface area contributed by atoms with E-state index in [1.807, 2.05) is 0 Å². The number of methoxy groups -OCH3 is 1. The number of hydrogen-bond donors (Lipinski definition) is 1. The van der Waals surface area contributed by atoms with E-state index in [1.54, 1.807) is 12.1 Å². The van der Waals surface area contributed by atoms with Crippen molar-refractivity contribution in [2.75, 3.05) is 13.7 Å². The van der Waals surface area contributed by atoms with Gasteiger partial charge in [-0.3, -0.25) is 0 Å². The summed E-state index contributed by atoms with van der Waals surface area (Å²) in [6.45, 7) is 1.23. The number of esters is 2. The van der Waals surface area contributed by atoms with Crippen molar-refractivity contribution in [2.24, 2.45) is 0 Å². The first kappa shape index (κ1) is 14.1. The highest BCUT2D eigenvalue weighted by Crippen LogP contribution is 2.25. The number of hydrogen-bond acceptors (Lipinski definition) is 6. The van der Waals surface area contributed by atoms with Crippen molar-refractivity contribution < 1.29 is 28.9 Å². The third kappa shape index (κ3) is 2.65. The van der Waals surface area contributed by atoms with E-state index in [1.165, 1.54) is 32.2 Å². The van der Waals surface area contributed by atoms with Crippen LogP contribution >= 0.6 is 0 Å². The third-order valence-corrected chi connectivity index (χ3v) is 2.91. The van der Waals surface area contributed by atoms with Gasteiger partial charge in [0.2, 0.25) is 0 Å². The van der Waals surface area contributed by atoms with E-state index >= 15 is 0 Å². The van der Waals surface area contributed by atoms with Crippen molar-refractivity contribution >= 4 is 11.9 Å². The van der Waals surface area contributed by atoms with Gasteiger partial charge in [0, 0.05) is 0 Å². The molecule has 0 spiro atoms. The molecule has 0 saturated carbocycles. The minimum absolute atomic E-state index is 0.0418. The van der Waals surface area contributed by atoms with Gasteiger partial charge in [0.15, 0.2) is 5.60 Å². The van der Waals surface area contributed by atoms with Gasteiger partial charge in [-0.25, -0.2) is 9.59 Å². The summed E-state index contributed by atoms with van der Waals surface area (Å²) in [5.41, 5.74) is -2.16. The lowest BCUT2D eigenvalue weighted by atomic mass is 9.96. The predicted molar refractivity (Wildman–Crippen MR) is 68.3 cm³/mol. The lowest BCUT2D eigenvalue weighted by molar-refractivity contribution is -0.153. The second-order valence-corrected chi connectivity index (χ2v) is 4.35. The lowest BCUT2D eigenvalue weighted by Gasteiger charge is -2.20. The molecular weight excluding hydrogens is 264 g/mol. The molecule has 1 aromatic rings. The van der Waals surface area contributed by atoms with Gasteiger partial charge in [0.25, 0.3) is 0 Å². The normalized spacial score (nSPS) is 16.9. The third-order valence-electron chi connectivity index (χ3n) is 2.91. The molecular formula is C14H14O6. The summed E-state index contributed by atoms with van der Waals surface area (Å²) in [5.74, 6) is -0.823. The van der Waals surface area contributed by atoms with Crippen LogP contribution in [0.4, 0.5) is 0 Å². The molecule has 106 valence electrons. The molecule has 1 aliphatic rings. The Bertz CT molecular complexity index is 556. The van der Waals surface area contributed by atoms with Gasteiger partial charge in [0.05, 0.1) is 12.7 Å². The fourth-order valence-corrected chi connectivity index (χ4v) is 1.72. The molecule has 0 radical (unpaired) electrons. The second-order valence-electron chi connectivity index (χ2n) is 4.35. The first-order valence-electron chi connectivity index (χ1n) is 5.91. The van der Waals surface area contributed by atoms with Crippen LogP contribution in [0, 0.1) is 0 Å². The molecule has 0 aromatic heterocycles. The van der Waals surface area contributed by atoms with Crippen LogP contribution in [0.1, 0.15) is 6.92 Å². The van der Waals surface area contributed by atoms with E-state index in [-0.39, 0.29) is 17.9 Å². The first-order chi connectivity index (χ1) is 9.45. The van der Waals surface area contributed by atoms with E-state index in [2.05, 4.69) is 4.74 Å². The highest BCUT2D eigenvalue weighted by molar-refractivity contribution is 6.01. The Hall–Kier alpha value is -2.34. The minimum atomic E-state index is -2.05. The van der Waals surface area contributed by atoms with Crippen LogP contribution in [0.5, 0.6) is 11.5 Å². The van der Waals surface area contributed by atoms with Crippen LogP contribution in [0.2, 0.25) is 0 Å². The van der Waals surface area contributed by atoms with Gasteiger partial charge in [0.1, 0.15) is 18.1 Å². The maximum Gasteiger partial charge on any atom is 0.348 e. The Morgan fingerprint density at radius 3 is 2.40 bits per heavy atom. The Balaban J connectivity index is 2.12. The molecule has 1 atom stereocenters. The van der Waals surface area contributed by atoms with Crippen LogP contribution in [-0.2, 0) is 14.3 Å². The van der Waals surface area contributed by atoms with Crippen LogP contribution < -0.4 is 9.47 Å². The van der Waals surface area contributed by atoms with Gasteiger partial charge >= 0.3 is 11.9 Å². The summed E-state index contributed by atoms with van der Waals surface area (Å²) in [5, 5.41) is 10.1.